The zero-order valence-electron chi connectivity index (χ0n) is 9.00. The smallest absolute Gasteiger partial charge is 0.338 e. The molecule has 3 nitrogen and oxygen atoms in total. The van der Waals surface area contributed by atoms with Gasteiger partial charge < -0.3 is 10.5 Å². The molecule has 16 heavy (non-hydrogen) atoms. The van der Waals surface area contributed by atoms with Crippen LogP contribution in [0.4, 0.5) is 0 Å². The Morgan fingerprint density at radius 1 is 1.31 bits per heavy atom. The number of esters is 1. The maximum Gasteiger partial charge on any atom is 0.338 e. The average Bonchev–Trinajstić information content (AvgIpc) is 2.73. The van der Waals surface area contributed by atoms with Gasteiger partial charge in [-0.05, 0) is 18.6 Å². The maximum absolute atomic E-state index is 11.6. The summed E-state index contributed by atoms with van der Waals surface area (Å²) in [5, 5.41) is 0. The summed E-state index contributed by atoms with van der Waals surface area (Å²) in [5.74, 6) is -0.00265. The number of hydrogen-bond acceptors (Lipinski definition) is 3. The fourth-order valence-corrected chi connectivity index (χ4v) is 1.77. The van der Waals surface area contributed by atoms with Crippen LogP contribution in [-0.2, 0) is 4.74 Å². The van der Waals surface area contributed by atoms with Gasteiger partial charge in [0.05, 0.1) is 12.2 Å². The molecular formula is C13H15NO2. The molecule has 0 unspecified atom stereocenters. The highest BCUT2D eigenvalue weighted by Crippen LogP contribution is 2.17. The molecule has 2 rings (SSSR count). The minimum atomic E-state index is -0.269. The predicted molar refractivity (Wildman–Crippen MR) is 61.9 cm³/mol. The van der Waals surface area contributed by atoms with Crippen LogP contribution < -0.4 is 5.73 Å². The molecule has 0 saturated carbocycles. The molecule has 0 aliphatic heterocycles. The topological polar surface area (TPSA) is 52.3 Å². The Labute approximate surface area is 94.9 Å². The highest BCUT2D eigenvalue weighted by molar-refractivity contribution is 5.89. The summed E-state index contributed by atoms with van der Waals surface area (Å²) in [6.07, 6.45) is 4.84. The molecule has 2 atom stereocenters. The summed E-state index contributed by atoms with van der Waals surface area (Å²) in [7, 11) is 0. The number of hydrogen-bond donors (Lipinski definition) is 1. The van der Waals surface area contributed by atoms with Gasteiger partial charge >= 0.3 is 5.97 Å². The van der Waals surface area contributed by atoms with Gasteiger partial charge in [0.25, 0.3) is 0 Å². The van der Waals surface area contributed by atoms with E-state index in [0.29, 0.717) is 12.2 Å². The van der Waals surface area contributed by atoms with Gasteiger partial charge in [0.2, 0.25) is 0 Å². The summed E-state index contributed by atoms with van der Waals surface area (Å²) < 4.78 is 5.21. The standard InChI is InChI=1S/C13H15NO2/c14-12-7-6-10(8-12)9-16-13(15)11-4-2-1-3-5-11/h1-7,10,12H,8-9,14H2/t10-,12+/m1/s1. The first-order chi connectivity index (χ1) is 7.75. The molecule has 0 fully saturated rings. The lowest BCUT2D eigenvalue weighted by atomic mass is 10.1. The van der Waals surface area contributed by atoms with Gasteiger partial charge in [-0.25, -0.2) is 4.79 Å². The van der Waals surface area contributed by atoms with Crippen molar-refractivity contribution in [3.05, 3.63) is 48.0 Å². The lowest BCUT2D eigenvalue weighted by molar-refractivity contribution is 0.0463. The van der Waals surface area contributed by atoms with Crippen molar-refractivity contribution >= 4 is 5.97 Å². The highest BCUT2D eigenvalue weighted by atomic mass is 16.5. The Hall–Kier alpha value is -1.61. The number of ether oxygens (including phenoxy) is 1. The van der Waals surface area contributed by atoms with Crippen molar-refractivity contribution in [2.24, 2.45) is 11.7 Å². The van der Waals surface area contributed by atoms with Gasteiger partial charge in [0.1, 0.15) is 0 Å². The Morgan fingerprint density at radius 2 is 2.06 bits per heavy atom. The molecule has 0 aromatic heterocycles. The SMILES string of the molecule is N[C@H]1C=C[C@@H](COC(=O)c2ccccc2)C1. The van der Waals surface area contributed by atoms with E-state index in [9.17, 15) is 4.79 Å². The third-order valence-corrected chi connectivity index (χ3v) is 2.64. The summed E-state index contributed by atoms with van der Waals surface area (Å²) in [5.41, 5.74) is 6.31. The Balaban J connectivity index is 1.83. The molecule has 0 bridgehead atoms. The number of carbonyl (C=O) groups excluding carboxylic acids is 1. The van der Waals surface area contributed by atoms with E-state index < -0.39 is 0 Å². The van der Waals surface area contributed by atoms with Gasteiger partial charge in [-0.3, -0.25) is 0 Å². The molecule has 1 aliphatic rings. The van der Waals surface area contributed by atoms with Crippen LogP contribution >= 0.6 is 0 Å². The normalized spacial score (nSPS) is 23.3. The molecule has 0 heterocycles. The molecule has 0 radical (unpaired) electrons. The van der Waals surface area contributed by atoms with Crippen LogP contribution in [0.2, 0.25) is 0 Å². The van der Waals surface area contributed by atoms with E-state index in [2.05, 4.69) is 0 Å². The number of benzene rings is 1. The first-order valence-electron chi connectivity index (χ1n) is 5.42. The monoisotopic (exact) mass is 217 g/mol. The van der Waals surface area contributed by atoms with Crippen LogP contribution in [0.1, 0.15) is 16.8 Å². The summed E-state index contributed by atoms with van der Waals surface area (Å²) >= 11 is 0. The number of nitrogens with two attached hydrogens (primary N) is 1. The van der Waals surface area contributed by atoms with Gasteiger partial charge in [0, 0.05) is 12.0 Å². The van der Waals surface area contributed by atoms with Gasteiger partial charge in [-0.2, -0.15) is 0 Å². The molecule has 0 spiro atoms. The molecule has 1 aromatic rings. The van der Waals surface area contributed by atoms with Gasteiger partial charge in [-0.15, -0.1) is 0 Å². The van der Waals surface area contributed by atoms with Crippen LogP contribution in [0.5, 0.6) is 0 Å². The second-order valence-electron chi connectivity index (χ2n) is 4.01. The molecule has 3 heteroatoms. The zero-order chi connectivity index (χ0) is 11.4. The Kier molecular flexibility index (Phi) is 3.37. The second-order valence-corrected chi connectivity index (χ2v) is 4.01. The van der Waals surface area contributed by atoms with Crippen molar-refractivity contribution in [2.45, 2.75) is 12.5 Å². The number of carbonyl (C=O) groups is 1. The van der Waals surface area contributed by atoms with Crippen molar-refractivity contribution in [3.8, 4) is 0 Å². The largest absolute Gasteiger partial charge is 0.461 e. The Morgan fingerprint density at radius 3 is 2.69 bits per heavy atom. The van der Waals surface area contributed by atoms with Crippen molar-refractivity contribution in [1.29, 1.82) is 0 Å². The van der Waals surface area contributed by atoms with Gasteiger partial charge in [-0.1, -0.05) is 30.4 Å². The van der Waals surface area contributed by atoms with E-state index in [1.807, 2.05) is 30.4 Å². The van der Waals surface area contributed by atoms with Crippen molar-refractivity contribution in [2.75, 3.05) is 6.61 Å². The summed E-state index contributed by atoms with van der Waals surface area (Å²) in [4.78, 5) is 11.6. The lowest BCUT2D eigenvalue weighted by Crippen LogP contribution is -2.18. The third-order valence-electron chi connectivity index (χ3n) is 2.64. The van der Waals surface area contributed by atoms with Crippen molar-refractivity contribution in [1.82, 2.24) is 0 Å². The molecule has 0 saturated heterocycles. The van der Waals surface area contributed by atoms with Crippen LogP contribution in [0.15, 0.2) is 42.5 Å². The van der Waals surface area contributed by atoms with Crippen molar-refractivity contribution in [3.63, 3.8) is 0 Å². The van der Waals surface area contributed by atoms with Crippen molar-refractivity contribution < 1.29 is 9.53 Å². The van der Waals surface area contributed by atoms with Gasteiger partial charge in [0.15, 0.2) is 0 Å². The Bertz CT molecular complexity index is 386. The first kappa shape index (κ1) is 10.9. The molecular weight excluding hydrogens is 202 g/mol. The number of rotatable bonds is 3. The highest BCUT2D eigenvalue weighted by Gasteiger charge is 2.17. The second kappa shape index (κ2) is 4.94. The van der Waals surface area contributed by atoms with Crippen LogP contribution in [0, 0.1) is 5.92 Å². The fourth-order valence-electron chi connectivity index (χ4n) is 1.77. The average molecular weight is 217 g/mol. The van der Waals surface area contributed by atoms with Crippen LogP contribution in [0.3, 0.4) is 0 Å². The molecule has 2 N–H and O–H groups in total. The van der Waals surface area contributed by atoms with E-state index in [1.165, 1.54) is 0 Å². The summed E-state index contributed by atoms with van der Waals surface area (Å²) in [6, 6.07) is 9.12. The van der Waals surface area contributed by atoms with E-state index in [1.54, 1.807) is 12.1 Å². The lowest BCUT2D eigenvalue weighted by Gasteiger charge is -2.10. The quantitative estimate of drug-likeness (QED) is 0.620. The zero-order valence-corrected chi connectivity index (χ0v) is 9.00. The molecule has 84 valence electrons. The molecule has 0 amide bonds. The van der Waals surface area contributed by atoms with E-state index >= 15 is 0 Å². The predicted octanol–water partition coefficient (Wildman–Crippen LogP) is 1.75. The fraction of sp³-hybridized carbons (Fsp3) is 0.308. The molecule has 1 aliphatic carbocycles. The third kappa shape index (κ3) is 2.70. The minimum absolute atomic E-state index is 0.112. The summed E-state index contributed by atoms with van der Waals surface area (Å²) in [6.45, 7) is 0.415. The molecule has 1 aromatic carbocycles. The van der Waals surface area contributed by atoms with E-state index in [-0.39, 0.29) is 17.9 Å². The van der Waals surface area contributed by atoms with E-state index in [4.69, 9.17) is 10.5 Å². The minimum Gasteiger partial charge on any atom is -0.461 e. The van der Waals surface area contributed by atoms with E-state index in [0.717, 1.165) is 6.42 Å². The van der Waals surface area contributed by atoms with Crippen LogP contribution in [0.25, 0.3) is 0 Å². The first-order valence-corrected chi connectivity index (χ1v) is 5.42. The van der Waals surface area contributed by atoms with Crippen LogP contribution in [-0.4, -0.2) is 18.6 Å². The maximum atomic E-state index is 11.6.